The van der Waals surface area contributed by atoms with Gasteiger partial charge in [0.25, 0.3) is 0 Å². The number of ether oxygens (including phenoxy) is 1. The number of hydrogen-bond acceptors (Lipinski definition) is 3. The number of methoxy groups -OCH3 is 1. The summed E-state index contributed by atoms with van der Waals surface area (Å²) in [7, 11) is 1.67. The van der Waals surface area contributed by atoms with Crippen LogP contribution in [-0.2, 0) is 17.6 Å². The molecule has 0 unspecified atom stereocenters. The summed E-state index contributed by atoms with van der Waals surface area (Å²) in [6.45, 7) is 2.00. The van der Waals surface area contributed by atoms with Gasteiger partial charge in [-0.25, -0.2) is 0 Å². The summed E-state index contributed by atoms with van der Waals surface area (Å²) in [5, 5.41) is 1.08. The van der Waals surface area contributed by atoms with Crippen molar-refractivity contribution >= 4 is 17.2 Å². The molecule has 0 saturated carbocycles. The minimum Gasteiger partial charge on any atom is -0.496 e. The maximum atomic E-state index is 11.0. The molecule has 112 valence electrons. The molecule has 0 saturated heterocycles. The van der Waals surface area contributed by atoms with E-state index in [1.807, 2.05) is 37.3 Å². The summed E-state index contributed by atoms with van der Waals surface area (Å²) in [6, 6.07) is 9.83. The van der Waals surface area contributed by atoms with E-state index in [-0.39, 0.29) is 0 Å². The van der Waals surface area contributed by atoms with Gasteiger partial charge in [-0.2, -0.15) is 0 Å². The Kier molecular flexibility index (Phi) is 3.92. The number of aromatic nitrogens is 2. The summed E-state index contributed by atoms with van der Waals surface area (Å²) in [5.74, 6) is 0.823. The van der Waals surface area contributed by atoms with Crippen LogP contribution in [0.1, 0.15) is 22.5 Å². The number of hydrogen-bond donors (Lipinski definition) is 1. The molecule has 2 heterocycles. The molecule has 2 aromatic heterocycles. The second-order valence-electron chi connectivity index (χ2n) is 5.27. The fourth-order valence-corrected chi connectivity index (χ4v) is 2.93. The zero-order chi connectivity index (χ0) is 15.5. The van der Waals surface area contributed by atoms with Crippen LogP contribution >= 0.6 is 0 Å². The van der Waals surface area contributed by atoms with Crippen LogP contribution in [0.4, 0.5) is 0 Å². The largest absolute Gasteiger partial charge is 0.496 e. The quantitative estimate of drug-likeness (QED) is 0.735. The highest BCUT2D eigenvalue weighted by atomic mass is 16.5. The van der Waals surface area contributed by atoms with E-state index in [1.165, 1.54) is 0 Å². The van der Waals surface area contributed by atoms with E-state index in [0.29, 0.717) is 12.8 Å². The summed E-state index contributed by atoms with van der Waals surface area (Å²) in [6.07, 6.45) is 3.80. The molecule has 4 heteroatoms. The molecule has 22 heavy (non-hydrogen) atoms. The molecule has 4 nitrogen and oxygen atoms in total. The third-order valence-corrected chi connectivity index (χ3v) is 3.94. The van der Waals surface area contributed by atoms with Crippen molar-refractivity contribution in [2.75, 3.05) is 7.11 Å². The predicted octanol–water partition coefficient (Wildman–Crippen LogP) is 3.21. The lowest BCUT2D eigenvalue weighted by Crippen LogP contribution is -1.98. The van der Waals surface area contributed by atoms with Gasteiger partial charge < -0.3 is 14.5 Å². The number of aldehydes is 1. The molecular formula is C18H18N2O2. The first-order chi connectivity index (χ1) is 10.7. The molecular weight excluding hydrogens is 276 g/mol. The Morgan fingerprint density at radius 3 is 2.77 bits per heavy atom. The highest BCUT2D eigenvalue weighted by Crippen LogP contribution is 2.33. The van der Waals surface area contributed by atoms with Crippen LogP contribution in [0.3, 0.4) is 0 Å². The second kappa shape index (κ2) is 6.02. The summed E-state index contributed by atoms with van der Waals surface area (Å²) in [5.41, 5.74) is 5.14. The average Bonchev–Trinajstić information content (AvgIpc) is 2.85. The van der Waals surface area contributed by atoms with E-state index in [2.05, 4.69) is 9.97 Å². The number of aryl methyl sites for hydroxylation is 1. The van der Waals surface area contributed by atoms with E-state index in [1.54, 1.807) is 13.3 Å². The standard InChI is InChI=1S/C18H18N2O2/c1-12-14(8-10-21)18-15(11-13-5-3-4-9-19-13)17(22-2)7-6-16(18)20-12/h3-7,9-10,20H,8,11H2,1-2H3. The Hall–Kier alpha value is -2.62. The van der Waals surface area contributed by atoms with Crippen molar-refractivity contribution in [3.8, 4) is 5.75 Å². The first kappa shape index (κ1) is 14.3. The monoisotopic (exact) mass is 294 g/mol. The van der Waals surface area contributed by atoms with E-state index in [4.69, 9.17) is 4.74 Å². The van der Waals surface area contributed by atoms with Gasteiger partial charge in [0, 0.05) is 46.9 Å². The van der Waals surface area contributed by atoms with Gasteiger partial charge >= 0.3 is 0 Å². The lowest BCUT2D eigenvalue weighted by molar-refractivity contribution is -0.107. The number of fused-ring (bicyclic) bond motifs is 1. The molecule has 1 aromatic carbocycles. The van der Waals surface area contributed by atoms with Crippen molar-refractivity contribution in [1.29, 1.82) is 0 Å². The van der Waals surface area contributed by atoms with E-state index >= 15 is 0 Å². The molecule has 0 radical (unpaired) electrons. The van der Waals surface area contributed by atoms with E-state index < -0.39 is 0 Å². The van der Waals surface area contributed by atoms with E-state index in [0.717, 1.165) is 45.5 Å². The number of H-pyrrole nitrogens is 1. The zero-order valence-corrected chi connectivity index (χ0v) is 12.7. The smallest absolute Gasteiger partial charge is 0.124 e. The van der Waals surface area contributed by atoms with Crippen molar-refractivity contribution in [3.63, 3.8) is 0 Å². The van der Waals surface area contributed by atoms with E-state index in [9.17, 15) is 4.79 Å². The number of carbonyl (C=O) groups excluding carboxylic acids is 1. The Morgan fingerprint density at radius 1 is 1.23 bits per heavy atom. The van der Waals surface area contributed by atoms with Crippen molar-refractivity contribution in [1.82, 2.24) is 9.97 Å². The Labute approximate surface area is 129 Å². The van der Waals surface area contributed by atoms with Crippen molar-refractivity contribution in [2.24, 2.45) is 0 Å². The first-order valence-electron chi connectivity index (χ1n) is 7.25. The van der Waals surface area contributed by atoms with Crippen LogP contribution in [0.25, 0.3) is 10.9 Å². The number of benzene rings is 1. The van der Waals surface area contributed by atoms with Gasteiger partial charge in [0.05, 0.1) is 7.11 Å². The average molecular weight is 294 g/mol. The summed E-state index contributed by atoms with van der Waals surface area (Å²) in [4.78, 5) is 18.8. The van der Waals surface area contributed by atoms with Gasteiger partial charge in [-0.05, 0) is 36.8 Å². The summed E-state index contributed by atoms with van der Waals surface area (Å²) >= 11 is 0. The van der Waals surface area contributed by atoms with Gasteiger partial charge in [-0.1, -0.05) is 6.07 Å². The molecule has 0 spiro atoms. The fraction of sp³-hybridized carbons (Fsp3) is 0.222. The van der Waals surface area contributed by atoms with Crippen LogP contribution in [0, 0.1) is 6.92 Å². The van der Waals surface area contributed by atoms with Gasteiger partial charge in [-0.15, -0.1) is 0 Å². The van der Waals surface area contributed by atoms with Crippen LogP contribution in [0.5, 0.6) is 5.75 Å². The van der Waals surface area contributed by atoms with Crippen molar-refractivity contribution < 1.29 is 9.53 Å². The van der Waals surface area contributed by atoms with Crippen LogP contribution in [0.15, 0.2) is 36.5 Å². The van der Waals surface area contributed by atoms with Gasteiger partial charge in [0.1, 0.15) is 12.0 Å². The van der Waals surface area contributed by atoms with Crippen LogP contribution in [-0.4, -0.2) is 23.4 Å². The zero-order valence-electron chi connectivity index (χ0n) is 12.7. The number of nitrogens with zero attached hydrogens (tertiary/aromatic N) is 1. The Balaban J connectivity index is 2.22. The lowest BCUT2D eigenvalue weighted by atomic mass is 9.98. The Bertz CT molecular complexity index is 807. The van der Waals surface area contributed by atoms with Gasteiger partial charge in [0.15, 0.2) is 0 Å². The maximum absolute atomic E-state index is 11.0. The Morgan fingerprint density at radius 2 is 2.09 bits per heavy atom. The van der Waals surface area contributed by atoms with Crippen LogP contribution in [0.2, 0.25) is 0 Å². The predicted molar refractivity (Wildman–Crippen MR) is 86.4 cm³/mol. The minimum atomic E-state index is 0.397. The number of aromatic amines is 1. The second-order valence-corrected chi connectivity index (χ2v) is 5.27. The van der Waals surface area contributed by atoms with Crippen molar-refractivity contribution in [2.45, 2.75) is 19.8 Å². The van der Waals surface area contributed by atoms with Crippen LogP contribution < -0.4 is 4.74 Å². The highest BCUT2D eigenvalue weighted by Gasteiger charge is 2.16. The maximum Gasteiger partial charge on any atom is 0.124 e. The number of carbonyl (C=O) groups is 1. The SMILES string of the molecule is COc1ccc2[nH]c(C)c(CC=O)c2c1Cc1ccccn1. The van der Waals surface area contributed by atoms with Gasteiger partial charge in [0.2, 0.25) is 0 Å². The fourth-order valence-electron chi connectivity index (χ4n) is 2.93. The third-order valence-electron chi connectivity index (χ3n) is 3.94. The topological polar surface area (TPSA) is 55.0 Å². The molecule has 1 N–H and O–H groups in total. The lowest BCUT2D eigenvalue weighted by Gasteiger charge is -2.11. The number of nitrogens with one attached hydrogen (secondary N) is 1. The molecule has 0 aliphatic heterocycles. The minimum absolute atomic E-state index is 0.397. The van der Waals surface area contributed by atoms with Gasteiger partial charge in [-0.3, -0.25) is 4.98 Å². The number of pyridine rings is 1. The number of rotatable bonds is 5. The molecule has 0 atom stereocenters. The molecule has 0 aliphatic carbocycles. The molecule has 3 aromatic rings. The van der Waals surface area contributed by atoms with Crippen molar-refractivity contribution in [3.05, 3.63) is 59.0 Å². The third kappa shape index (κ3) is 2.48. The molecule has 0 amide bonds. The normalized spacial score (nSPS) is 10.8. The highest BCUT2D eigenvalue weighted by molar-refractivity contribution is 5.91. The molecule has 3 rings (SSSR count). The first-order valence-corrected chi connectivity index (χ1v) is 7.25. The molecule has 0 fully saturated rings. The molecule has 0 aliphatic rings. The summed E-state index contributed by atoms with van der Waals surface area (Å²) < 4.78 is 5.54. The molecule has 0 bridgehead atoms.